The summed E-state index contributed by atoms with van der Waals surface area (Å²) < 4.78 is 32.4. The van der Waals surface area contributed by atoms with Crippen molar-refractivity contribution in [3.05, 3.63) is 35.7 Å². The van der Waals surface area contributed by atoms with Crippen LogP contribution in [0.4, 0.5) is 11.4 Å². The van der Waals surface area contributed by atoms with Gasteiger partial charge in [0.2, 0.25) is 0 Å². The number of hydrogen-bond acceptors (Lipinski definition) is 5. The SMILES string of the molecule is CC(C)Oc1ccc(NS(=O)(=O)c2cc(N)cs2)cc1. The van der Waals surface area contributed by atoms with Crippen LogP contribution >= 0.6 is 11.3 Å². The minimum absolute atomic E-state index is 0.0756. The van der Waals surface area contributed by atoms with E-state index >= 15 is 0 Å². The molecular weight excluding hydrogens is 296 g/mol. The van der Waals surface area contributed by atoms with Crippen LogP contribution in [0.25, 0.3) is 0 Å². The van der Waals surface area contributed by atoms with Gasteiger partial charge in [-0.25, -0.2) is 8.42 Å². The lowest BCUT2D eigenvalue weighted by Gasteiger charge is -2.11. The van der Waals surface area contributed by atoms with Crippen LogP contribution in [0.15, 0.2) is 39.9 Å². The van der Waals surface area contributed by atoms with E-state index in [-0.39, 0.29) is 10.3 Å². The van der Waals surface area contributed by atoms with Crippen molar-refractivity contribution < 1.29 is 13.2 Å². The molecule has 0 spiro atoms. The molecule has 1 heterocycles. The number of ether oxygens (including phenoxy) is 1. The van der Waals surface area contributed by atoms with E-state index in [4.69, 9.17) is 10.5 Å². The molecular formula is C13H16N2O3S2. The summed E-state index contributed by atoms with van der Waals surface area (Å²) in [5.41, 5.74) is 6.46. The predicted octanol–water partition coefficient (Wildman–Crippen LogP) is 2.92. The molecule has 0 saturated heterocycles. The van der Waals surface area contributed by atoms with Crippen molar-refractivity contribution in [1.29, 1.82) is 0 Å². The van der Waals surface area contributed by atoms with Crippen LogP contribution in [-0.2, 0) is 10.0 Å². The number of nitrogens with one attached hydrogen (secondary N) is 1. The molecule has 0 unspecified atom stereocenters. The van der Waals surface area contributed by atoms with Crippen molar-refractivity contribution >= 4 is 32.7 Å². The van der Waals surface area contributed by atoms with Gasteiger partial charge in [0.1, 0.15) is 9.96 Å². The molecule has 0 aliphatic rings. The molecule has 0 fully saturated rings. The Bertz CT molecular complexity index is 676. The second-order valence-corrected chi connectivity index (χ2v) is 7.32. The Balaban J connectivity index is 2.13. The third kappa shape index (κ3) is 3.64. The topological polar surface area (TPSA) is 81.4 Å². The summed E-state index contributed by atoms with van der Waals surface area (Å²) in [4.78, 5) is 0. The Hall–Kier alpha value is -1.73. The van der Waals surface area contributed by atoms with Crippen molar-refractivity contribution in [3.63, 3.8) is 0 Å². The largest absolute Gasteiger partial charge is 0.491 e. The Morgan fingerprint density at radius 1 is 1.25 bits per heavy atom. The number of benzene rings is 1. The molecule has 0 saturated carbocycles. The van der Waals surface area contributed by atoms with E-state index in [1.54, 1.807) is 29.6 Å². The van der Waals surface area contributed by atoms with Gasteiger partial charge in [-0.1, -0.05) is 0 Å². The molecule has 108 valence electrons. The number of sulfonamides is 1. The highest BCUT2D eigenvalue weighted by Crippen LogP contribution is 2.25. The lowest BCUT2D eigenvalue weighted by Crippen LogP contribution is -2.11. The van der Waals surface area contributed by atoms with Crippen LogP contribution in [0.3, 0.4) is 0 Å². The second-order valence-electron chi connectivity index (χ2n) is 4.50. The van der Waals surface area contributed by atoms with E-state index in [2.05, 4.69) is 4.72 Å². The average Bonchev–Trinajstić information content (AvgIpc) is 2.78. The van der Waals surface area contributed by atoms with Gasteiger partial charge in [0.25, 0.3) is 10.0 Å². The second kappa shape index (κ2) is 5.72. The monoisotopic (exact) mass is 312 g/mol. The average molecular weight is 312 g/mol. The first-order valence-corrected chi connectivity index (χ1v) is 8.36. The van der Waals surface area contributed by atoms with Crippen molar-refractivity contribution in [2.45, 2.75) is 24.2 Å². The Kier molecular flexibility index (Phi) is 4.20. The minimum Gasteiger partial charge on any atom is -0.491 e. The smallest absolute Gasteiger partial charge is 0.271 e. The highest BCUT2D eigenvalue weighted by molar-refractivity contribution is 7.94. The van der Waals surface area contributed by atoms with Crippen molar-refractivity contribution in [1.82, 2.24) is 0 Å². The number of thiophene rings is 1. The number of anilines is 2. The molecule has 1 aromatic carbocycles. The highest BCUT2D eigenvalue weighted by Gasteiger charge is 2.16. The summed E-state index contributed by atoms with van der Waals surface area (Å²) in [6.45, 7) is 3.86. The van der Waals surface area contributed by atoms with Crippen LogP contribution in [0.5, 0.6) is 5.75 Å². The van der Waals surface area contributed by atoms with E-state index in [9.17, 15) is 8.42 Å². The molecule has 5 nitrogen and oxygen atoms in total. The highest BCUT2D eigenvalue weighted by atomic mass is 32.2. The molecule has 20 heavy (non-hydrogen) atoms. The summed E-state index contributed by atoms with van der Waals surface area (Å²) in [6, 6.07) is 8.20. The Labute approximate surface area is 122 Å². The molecule has 0 radical (unpaired) electrons. The zero-order chi connectivity index (χ0) is 14.8. The lowest BCUT2D eigenvalue weighted by atomic mass is 10.3. The molecule has 0 aliphatic heterocycles. The molecule has 2 aromatic rings. The Morgan fingerprint density at radius 2 is 1.90 bits per heavy atom. The van der Waals surface area contributed by atoms with Crippen molar-refractivity contribution in [3.8, 4) is 5.75 Å². The maximum atomic E-state index is 12.1. The molecule has 2 rings (SSSR count). The fraction of sp³-hybridized carbons (Fsp3) is 0.231. The summed E-state index contributed by atoms with van der Waals surface area (Å²) >= 11 is 1.09. The van der Waals surface area contributed by atoms with E-state index in [1.165, 1.54) is 6.07 Å². The maximum absolute atomic E-state index is 12.1. The first kappa shape index (κ1) is 14.7. The molecule has 0 atom stereocenters. The number of nitrogens with two attached hydrogens (primary N) is 1. The van der Waals surface area contributed by atoms with Crippen LogP contribution in [0.2, 0.25) is 0 Å². The normalized spacial score (nSPS) is 11.6. The first-order valence-electron chi connectivity index (χ1n) is 6.00. The summed E-state index contributed by atoms with van der Waals surface area (Å²) in [7, 11) is -3.58. The molecule has 1 aromatic heterocycles. The number of rotatable bonds is 5. The van der Waals surface area contributed by atoms with Gasteiger partial charge in [0, 0.05) is 16.8 Å². The van der Waals surface area contributed by atoms with Gasteiger partial charge >= 0.3 is 0 Å². The fourth-order valence-corrected chi connectivity index (χ4v) is 3.69. The third-order valence-electron chi connectivity index (χ3n) is 2.34. The van der Waals surface area contributed by atoms with Crippen LogP contribution in [0.1, 0.15) is 13.8 Å². The predicted molar refractivity (Wildman–Crippen MR) is 81.7 cm³/mol. The fourth-order valence-electron chi connectivity index (χ4n) is 1.55. The van der Waals surface area contributed by atoms with Gasteiger partial charge < -0.3 is 10.5 Å². The third-order valence-corrected chi connectivity index (χ3v) is 5.18. The molecule has 0 aliphatic carbocycles. The molecule has 0 amide bonds. The molecule has 7 heteroatoms. The van der Waals surface area contributed by atoms with Gasteiger partial charge in [0.15, 0.2) is 0 Å². The van der Waals surface area contributed by atoms with E-state index in [0.717, 1.165) is 11.3 Å². The summed E-state index contributed by atoms with van der Waals surface area (Å²) in [6.07, 6.45) is 0.0756. The number of nitrogen functional groups attached to an aromatic ring is 1. The van der Waals surface area contributed by atoms with E-state index in [1.807, 2.05) is 13.8 Å². The standard InChI is InChI=1S/C13H16N2O3S2/c1-9(2)18-12-5-3-11(4-6-12)15-20(16,17)13-7-10(14)8-19-13/h3-9,15H,14H2,1-2H3. The lowest BCUT2D eigenvalue weighted by molar-refractivity contribution is 0.242. The van der Waals surface area contributed by atoms with Gasteiger partial charge in [-0.05, 0) is 44.2 Å². The summed E-state index contributed by atoms with van der Waals surface area (Å²) in [5.74, 6) is 0.698. The maximum Gasteiger partial charge on any atom is 0.271 e. The van der Waals surface area contributed by atoms with Crippen molar-refractivity contribution in [2.24, 2.45) is 0 Å². The van der Waals surface area contributed by atoms with Crippen molar-refractivity contribution in [2.75, 3.05) is 10.5 Å². The van der Waals surface area contributed by atoms with E-state index < -0.39 is 10.0 Å². The quantitative estimate of drug-likeness (QED) is 0.889. The zero-order valence-electron chi connectivity index (χ0n) is 11.2. The summed E-state index contributed by atoms with van der Waals surface area (Å²) in [5, 5.41) is 1.59. The zero-order valence-corrected chi connectivity index (χ0v) is 12.8. The van der Waals surface area contributed by atoms with Gasteiger partial charge in [-0.15, -0.1) is 11.3 Å². The van der Waals surface area contributed by atoms with E-state index in [0.29, 0.717) is 17.1 Å². The van der Waals surface area contributed by atoms with Gasteiger partial charge in [-0.3, -0.25) is 4.72 Å². The van der Waals surface area contributed by atoms with Crippen LogP contribution in [0, 0.1) is 0 Å². The van der Waals surface area contributed by atoms with Gasteiger partial charge in [-0.2, -0.15) is 0 Å². The first-order chi connectivity index (χ1) is 9.37. The molecule has 0 bridgehead atoms. The number of hydrogen-bond donors (Lipinski definition) is 2. The Morgan fingerprint density at radius 3 is 2.40 bits per heavy atom. The van der Waals surface area contributed by atoms with Gasteiger partial charge in [0.05, 0.1) is 6.10 Å². The minimum atomic E-state index is -3.58. The van der Waals surface area contributed by atoms with Crippen LogP contribution < -0.4 is 15.2 Å². The van der Waals surface area contributed by atoms with Crippen LogP contribution in [-0.4, -0.2) is 14.5 Å². The molecule has 3 N–H and O–H groups in total.